The maximum absolute atomic E-state index is 13.1. The number of nitrogens with one attached hydrogen (secondary N) is 1. The molecule has 170 valence electrons. The Hall–Kier alpha value is -1.71. The average Bonchev–Trinajstić information content (AvgIpc) is 3.43. The second-order valence-corrected chi connectivity index (χ2v) is 11.7. The summed E-state index contributed by atoms with van der Waals surface area (Å²) in [5.74, 6) is 0.696. The van der Waals surface area contributed by atoms with Crippen LogP contribution in [0, 0.1) is 19.8 Å². The highest BCUT2D eigenvalue weighted by atomic mass is 32.2. The number of carbonyl (C=O) groups excluding carboxylic acids is 1. The minimum Gasteiger partial charge on any atom is -0.345 e. The number of thiazole rings is 1. The van der Waals surface area contributed by atoms with Crippen molar-refractivity contribution in [3.05, 3.63) is 22.3 Å². The van der Waals surface area contributed by atoms with Gasteiger partial charge < -0.3 is 9.47 Å². The number of hydrogen-bond donors (Lipinski definition) is 1. The quantitative estimate of drug-likeness (QED) is 0.728. The summed E-state index contributed by atoms with van der Waals surface area (Å²) in [5, 5.41) is 0.680. The molecule has 1 saturated heterocycles. The molecule has 1 aliphatic heterocycles. The van der Waals surface area contributed by atoms with Crippen LogP contribution in [0.4, 0.5) is 0 Å². The van der Waals surface area contributed by atoms with Gasteiger partial charge in [-0.25, -0.2) is 18.1 Å². The summed E-state index contributed by atoms with van der Waals surface area (Å²) in [6.45, 7) is 7.46. The molecule has 0 aromatic carbocycles. The lowest BCUT2D eigenvalue weighted by Gasteiger charge is -2.30. The minimum atomic E-state index is -3.60. The van der Waals surface area contributed by atoms with Crippen molar-refractivity contribution >= 4 is 27.3 Å². The molecule has 2 aromatic rings. The standard InChI is InChI=1S/C22H32N4O3S2/c1-14-9-11-26(12-10-14)22(27)20-15(2)23-21(30-20)18-13-19(16(3)25(18)4)31(28,29)24-17-7-5-6-8-17/h13-14,17,24H,5-12H2,1-4H3. The maximum Gasteiger partial charge on any atom is 0.265 e. The van der Waals surface area contributed by atoms with E-state index in [-0.39, 0.29) is 11.9 Å². The minimum absolute atomic E-state index is 0.0200. The van der Waals surface area contributed by atoms with Gasteiger partial charge >= 0.3 is 0 Å². The highest BCUT2D eigenvalue weighted by Crippen LogP contribution is 2.34. The molecule has 31 heavy (non-hydrogen) atoms. The van der Waals surface area contributed by atoms with Gasteiger partial charge in [0.1, 0.15) is 14.8 Å². The summed E-state index contributed by atoms with van der Waals surface area (Å²) in [6, 6.07) is 1.72. The summed E-state index contributed by atoms with van der Waals surface area (Å²) in [7, 11) is -1.74. The molecule has 0 spiro atoms. The molecule has 0 bridgehead atoms. The number of rotatable bonds is 5. The van der Waals surface area contributed by atoms with Crippen molar-refractivity contribution in [2.75, 3.05) is 13.1 Å². The van der Waals surface area contributed by atoms with Crippen LogP contribution < -0.4 is 4.72 Å². The summed E-state index contributed by atoms with van der Waals surface area (Å²) >= 11 is 1.36. The van der Waals surface area contributed by atoms with E-state index in [9.17, 15) is 13.2 Å². The normalized spacial score (nSPS) is 18.8. The number of amides is 1. The van der Waals surface area contributed by atoms with Crippen LogP contribution in [0.5, 0.6) is 0 Å². The lowest BCUT2D eigenvalue weighted by atomic mass is 9.99. The van der Waals surface area contributed by atoms with E-state index < -0.39 is 10.0 Å². The van der Waals surface area contributed by atoms with E-state index in [1.165, 1.54) is 11.3 Å². The first-order valence-electron chi connectivity index (χ1n) is 11.1. The van der Waals surface area contributed by atoms with E-state index in [1.54, 1.807) is 6.07 Å². The molecule has 7 nitrogen and oxygen atoms in total. The van der Waals surface area contributed by atoms with Crippen LogP contribution in [0.2, 0.25) is 0 Å². The molecule has 1 saturated carbocycles. The topological polar surface area (TPSA) is 84.3 Å². The lowest BCUT2D eigenvalue weighted by Crippen LogP contribution is -2.37. The fourth-order valence-corrected chi connectivity index (χ4v) is 7.22. The predicted molar refractivity (Wildman–Crippen MR) is 123 cm³/mol. The van der Waals surface area contributed by atoms with Crippen molar-refractivity contribution in [3.63, 3.8) is 0 Å². The smallest absolute Gasteiger partial charge is 0.265 e. The molecule has 4 rings (SSSR count). The molecule has 0 unspecified atom stereocenters. The molecule has 1 N–H and O–H groups in total. The van der Waals surface area contributed by atoms with E-state index in [0.29, 0.717) is 32.1 Å². The molecule has 1 aliphatic carbocycles. The van der Waals surface area contributed by atoms with Crippen molar-refractivity contribution in [2.45, 2.75) is 70.2 Å². The highest BCUT2D eigenvalue weighted by molar-refractivity contribution is 7.89. The maximum atomic E-state index is 13.1. The molecule has 2 aromatic heterocycles. The van der Waals surface area contributed by atoms with Gasteiger partial charge in [-0.15, -0.1) is 11.3 Å². The molecule has 0 atom stereocenters. The third-order valence-electron chi connectivity index (χ3n) is 6.74. The van der Waals surface area contributed by atoms with Crippen LogP contribution >= 0.6 is 11.3 Å². The monoisotopic (exact) mass is 464 g/mol. The number of nitrogens with zero attached hydrogens (tertiary/aromatic N) is 3. The van der Waals surface area contributed by atoms with Gasteiger partial charge in [0.15, 0.2) is 0 Å². The fraction of sp³-hybridized carbons (Fsp3) is 0.636. The molecular weight excluding hydrogens is 432 g/mol. The van der Waals surface area contributed by atoms with Gasteiger partial charge in [0.25, 0.3) is 5.91 Å². The summed E-state index contributed by atoms with van der Waals surface area (Å²) in [4.78, 5) is 20.6. The van der Waals surface area contributed by atoms with Crippen molar-refractivity contribution in [1.82, 2.24) is 19.2 Å². The lowest BCUT2D eigenvalue weighted by molar-refractivity contribution is 0.0701. The number of carbonyl (C=O) groups is 1. The van der Waals surface area contributed by atoms with Gasteiger partial charge in [0, 0.05) is 31.9 Å². The number of aryl methyl sites for hydroxylation is 1. The average molecular weight is 465 g/mol. The highest BCUT2D eigenvalue weighted by Gasteiger charge is 2.29. The number of piperidine rings is 1. The Bertz CT molecular complexity index is 1070. The molecular formula is C22H32N4O3S2. The summed E-state index contributed by atoms with van der Waals surface area (Å²) in [6.07, 6.45) is 5.98. The zero-order chi connectivity index (χ0) is 22.3. The predicted octanol–water partition coefficient (Wildman–Crippen LogP) is 3.86. The summed E-state index contributed by atoms with van der Waals surface area (Å²) < 4.78 is 30.8. The summed E-state index contributed by atoms with van der Waals surface area (Å²) in [5.41, 5.74) is 2.10. The van der Waals surface area contributed by atoms with Crippen LogP contribution in [0.25, 0.3) is 10.7 Å². The zero-order valence-corrected chi connectivity index (χ0v) is 20.4. The van der Waals surface area contributed by atoms with Crippen LogP contribution in [0.1, 0.15) is 66.5 Å². The first-order valence-corrected chi connectivity index (χ1v) is 13.4. The van der Waals surface area contributed by atoms with Crippen molar-refractivity contribution in [1.29, 1.82) is 0 Å². The molecule has 1 amide bonds. The van der Waals surface area contributed by atoms with E-state index in [1.807, 2.05) is 30.4 Å². The second-order valence-electron chi connectivity index (χ2n) is 9.05. The first-order chi connectivity index (χ1) is 14.7. The van der Waals surface area contributed by atoms with Crippen LogP contribution in [-0.4, -0.2) is 47.9 Å². The van der Waals surface area contributed by atoms with Gasteiger partial charge in [0.05, 0.1) is 11.4 Å². The second kappa shape index (κ2) is 8.67. The number of likely N-dealkylation sites (tertiary alicyclic amines) is 1. The van der Waals surface area contributed by atoms with Crippen molar-refractivity contribution < 1.29 is 13.2 Å². The van der Waals surface area contributed by atoms with Gasteiger partial charge in [-0.1, -0.05) is 19.8 Å². The fourth-order valence-electron chi connectivity index (χ4n) is 4.53. The molecule has 2 fully saturated rings. The van der Waals surface area contributed by atoms with Crippen molar-refractivity contribution in [2.24, 2.45) is 13.0 Å². The Morgan fingerprint density at radius 3 is 2.45 bits per heavy atom. The van der Waals surface area contributed by atoms with Gasteiger partial charge in [-0.3, -0.25) is 4.79 Å². The number of hydrogen-bond acceptors (Lipinski definition) is 5. The van der Waals surface area contributed by atoms with E-state index in [4.69, 9.17) is 0 Å². The van der Waals surface area contributed by atoms with Crippen LogP contribution in [-0.2, 0) is 17.1 Å². The molecule has 9 heteroatoms. The third kappa shape index (κ3) is 4.45. The van der Waals surface area contributed by atoms with Crippen LogP contribution in [0.3, 0.4) is 0 Å². The van der Waals surface area contributed by atoms with Crippen LogP contribution in [0.15, 0.2) is 11.0 Å². The Labute approximate surface area is 188 Å². The van der Waals surface area contributed by atoms with Gasteiger partial charge in [-0.05, 0) is 51.5 Å². The van der Waals surface area contributed by atoms with E-state index in [2.05, 4.69) is 16.6 Å². The molecule has 3 heterocycles. The first kappa shape index (κ1) is 22.5. The Morgan fingerprint density at radius 1 is 1.16 bits per heavy atom. The molecule has 0 radical (unpaired) electrons. The Morgan fingerprint density at radius 2 is 1.81 bits per heavy atom. The number of aromatic nitrogens is 2. The van der Waals surface area contributed by atoms with E-state index >= 15 is 0 Å². The number of sulfonamides is 1. The Balaban J connectivity index is 1.61. The largest absolute Gasteiger partial charge is 0.345 e. The third-order valence-corrected chi connectivity index (χ3v) is 9.54. The zero-order valence-electron chi connectivity index (χ0n) is 18.8. The Kier molecular flexibility index (Phi) is 6.29. The van der Waals surface area contributed by atoms with Crippen molar-refractivity contribution in [3.8, 4) is 10.7 Å². The van der Waals surface area contributed by atoms with Gasteiger partial charge in [-0.2, -0.15) is 0 Å². The van der Waals surface area contributed by atoms with Gasteiger partial charge in [0.2, 0.25) is 10.0 Å². The SMILES string of the molecule is Cc1nc(-c2cc(S(=O)(=O)NC3CCCC3)c(C)n2C)sc1C(=O)N1CCC(C)CC1. The molecule has 2 aliphatic rings. The van der Waals surface area contributed by atoms with E-state index in [0.717, 1.165) is 57.3 Å².